The molecule has 2 nitrogen and oxygen atoms in total. The van der Waals surface area contributed by atoms with Crippen molar-refractivity contribution in [2.75, 3.05) is 6.61 Å². The molecular weight excluding hydrogens is 392 g/mol. The Morgan fingerprint density at radius 3 is 1.62 bits per heavy atom. The minimum Gasteiger partial charge on any atom is -0.508 e. The van der Waals surface area contributed by atoms with Gasteiger partial charge in [0.25, 0.3) is 0 Å². The number of benzene rings is 1. The third kappa shape index (κ3) is 13.4. The van der Waals surface area contributed by atoms with E-state index in [2.05, 4.69) is 41.5 Å². The van der Waals surface area contributed by atoms with Crippen LogP contribution < -0.4 is 4.74 Å². The first-order chi connectivity index (χ1) is 15.2. The number of hydrogen-bond acceptors (Lipinski definition) is 2. The quantitative estimate of drug-likeness (QED) is 0.227. The van der Waals surface area contributed by atoms with Gasteiger partial charge in [0.05, 0.1) is 6.61 Å². The molecule has 0 fully saturated rings. The number of phenolic OH excluding ortho intramolecular Hbond substituents is 1. The average molecular weight is 447 g/mol. The highest BCUT2D eigenvalue weighted by Gasteiger charge is 2.29. The Hall–Kier alpha value is -1.18. The predicted molar refractivity (Wildman–Crippen MR) is 141 cm³/mol. The molecule has 186 valence electrons. The van der Waals surface area contributed by atoms with E-state index >= 15 is 0 Å². The van der Waals surface area contributed by atoms with Gasteiger partial charge in [0.2, 0.25) is 0 Å². The molecule has 1 aromatic carbocycles. The van der Waals surface area contributed by atoms with Crippen LogP contribution in [0.1, 0.15) is 143 Å². The topological polar surface area (TPSA) is 29.5 Å². The standard InChI is InChI=1S/C30H54O2/c1-7-8-9-10-11-12-13-14-15-16-17-18-19-20-23-32-26-21-22-28(31)27(24-26)30(5,6)25-29(2,3)4/h21-22,24,31H,7-20,23,25H2,1-6H3. The molecule has 0 heterocycles. The molecule has 0 aromatic heterocycles. The van der Waals surface area contributed by atoms with Gasteiger partial charge in [-0.15, -0.1) is 0 Å². The minimum absolute atomic E-state index is 0.0866. The lowest BCUT2D eigenvalue weighted by atomic mass is 9.72. The Balaban J connectivity index is 2.14. The molecule has 32 heavy (non-hydrogen) atoms. The first-order valence-corrected chi connectivity index (χ1v) is 13.6. The van der Waals surface area contributed by atoms with Gasteiger partial charge in [-0.1, -0.05) is 125 Å². The fourth-order valence-electron chi connectivity index (χ4n) is 5.05. The minimum atomic E-state index is -0.0866. The van der Waals surface area contributed by atoms with Crippen molar-refractivity contribution < 1.29 is 9.84 Å². The van der Waals surface area contributed by atoms with E-state index in [1.807, 2.05) is 12.1 Å². The molecule has 0 amide bonds. The molecule has 0 aliphatic carbocycles. The van der Waals surface area contributed by atoms with E-state index < -0.39 is 0 Å². The van der Waals surface area contributed by atoms with Gasteiger partial charge in [-0.25, -0.2) is 0 Å². The highest BCUT2D eigenvalue weighted by atomic mass is 16.5. The van der Waals surface area contributed by atoms with Crippen LogP contribution in [0.3, 0.4) is 0 Å². The smallest absolute Gasteiger partial charge is 0.119 e. The molecule has 0 radical (unpaired) electrons. The molecule has 0 aliphatic rings. The van der Waals surface area contributed by atoms with Crippen LogP contribution in [0.4, 0.5) is 0 Å². The summed E-state index contributed by atoms with van der Waals surface area (Å²) in [5.41, 5.74) is 1.11. The molecule has 2 heteroatoms. The number of rotatable bonds is 18. The maximum Gasteiger partial charge on any atom is 0.119 e. The summed E-state index contributed by atoms with van der Waals surface area (Å²) in [6, 6.07) is 5.74. The lowest BCUT2D eigenvalue weighted by molar-refractivity contribution is 0.274. The molecular formula is C30H54O2. The van der Waals surface area contributed by atoms with Crippen LogP contribution in [0.5, 0.6) is 11.5 Å². The number of unbranched alkanes of at least 4 members (excludes halogenated alkanes) is 13. The third-order valence-corrected chi connectivity index (χ3v) is 6.44. The van der Waals surface area contributed by atoms with Gasteiger partial charge in [-0.2, -0.15) is 0 Å². The number of phenols is 1. The van der Waals surface area contributed by atoms with Gasteiger partial charge in [0.1, 0.15) is 11.5 Å². The van der Waals surface area contributed by atoms with Crippen LogP contribution in [0.15, 0.2) is 18.2 Å². The lowest BCUT2D eigenvalue weighted by Gasteiger charge is -2.33. The van der Waals surface area contributed by atoms with Gasteiger partial charge in [0.15, 0.2) is 0 Å². The maximum absolute atomic E-state index is 10.4. The normalized spacial score (nSPS) is 12.3. The van der Waals surface area contributed by atoms with Gasteiger partial charge in [0, 0.05) is 5.56 Å². The number of ether oxygens (including phenoxy) is 1. The molecule has 1 aromatic rings. The van der Waals surface area contributed by atoms with Crippen LogP contribution in [-0.4, -0.2) is 11.7 Å². The first kappa shape index (κ1) is 28.9. The van der Waals surface area contributed by atoms with Crippen LogP contribution in [-0.2, 0) is 5.41 Å². The maximum atomic E-state index is 10.4. The summed E-state index contributed by atoms with van der Waals surface area (Å²) in [7, 11) is 0. The summed E-state index contributed by atoms with van der Waals surface area (Å²) in [5.74, 6) is 1.26. The highest BCUT2D eigenvalue weighted by molar-refractivity contribution is 5.43. The van der Waals surface area contributed by atoms with Crippen LogP contribution in [0.25, 0.3) is 0 Å². The van der Waals surface area contributed by atoms with Gasteiger partial charge < -0.3 is 9.84 Å². The van der Waals surface area contributed by atoms with Crippen LogP contribution in [0, 0.1) is 5.41 Å². The summed E-state index contributed by atoms with van der Waals surface area (Å²) in [6.45, 7) is 14.2. The van der Waals surface area contributed by atoms with Crippen molar-refractivity contribution in [3.63, 3.8) is 0 Å². The zero-order valence-electron chi connectivity index (χ0n) is 22.4. The SMILES string of the molecule is CCCCCCCCCCCCCCCCOc1ccc(O)c(C(C)(C)CC(C)(C)C)c1. The van der Waals surface area contributed by atoms with Crippen LogP contribution in [0.2, 0.25) is 0 Å². The molecule has 1 N–H and O–H groups in total. The van der Waals surface area contributed by atoms with E-state index in [1.165, 1.54) is 83.5 Å². The molecule has 1 rings (SSSR count). The summed E-state index contributed by atoms with van der Waals surface area (Å²) in [4.78, 5) is 0. The monoisotopic (exact) mass is 446 g/mol. The van der Waals surface area contributed by atoms with Crippen molar-refractivity contribution in [2.24, 2.45) is 5.41 Å². The molecule has 0 aliphatic heterocycles. The molecule has 0 atom stereocenters. The fraction of sp³-hybridized carbons (Fsp3) is 0.800. The molecule has 0 saturated heterocycles. The molecule has 0 unspecified atom stereocenters. The van der Waals surface area contributed by atoms with E-state index in [9.17, 15) is 5.11 Å². The number of aromatic hydroxyl groups is 1. The molecule has 0 saturated carbocycles. The first-order valence-electron chi connectivity index (χ1n) is 13.6. The van der Waals surface area contributed by atoms with E-state index in [-0.39, 0.29) is 10.8 Å². The summed E-state index contributed by atoms with van der Waals surface area (Å²) in [6.07, 6.45) is 20.2. The number of hydrogen-bond donors (Lipinski definition) is 1. The van der Waals surface area contributed by atoms with Crippen molar-refractivity contribution in [3.05, 3.63) is 23.8 Å². The highest BCUT2D eigenvalue weighted by Crippen LogP contribution is 2.41. The van der Waals surface area contributed by atoms with Crippen LogP contribution >= 0.6 is 0 Å². The van der Waals surface area contributed by atoms with Crippen molar-refractivity contribution >= 4 is 0 Å². The van der Waals surface area contributed by atoms with Crippen molar-refractivity contribution in [1.82, 2.24) is 0 Å². The Morgan fingerprint density at radius 2 is 1.16 bits per heavy atom. The Labute approximate surface area is 200 Å². The molecule has 0 bridgehead atoms. The summed E-state index contributed by atoms with van der Waals surface area (Å²) in [5, 5.41) is 10.4. The fourth-order valence-corrected chi connectivity index (χ4v) is 5.05. The predicted octanol–water partition coefficient (Wildman–Crippen LogP) is 9.97. The lowest BCUT2D eigenvalue weighted by Crippen LogP contribution is -2.25. The van der Waals surface area contributed by atoms with Gasteiger partial charge >= 0.3 is 0 Å². The van der Waals surface area contributed by atoms with Crippen molar-refractivity contribution in [2.45, 2.75) is 143 Å². The Morgan fingerprint density at radius 1 is 0.688 bits per heavy atom. The Kier molecular flexibility index (Phi) is 14.1. The second kappa shape index (κ2) is 15.6. The van der Waals surface area contributed by atoms with E-state index in [0.29, 0.717) is 5.75 Å². The summed E-state index contributed by atoms with van der Waals surface area (Å²) < 4.78 is 6.02. The summed E-state index contributed by atoms with van der Waals surface area (Å²) >= 11 is 0. The zero-order valence-corrected chi connectivity index (χ0v) is 22.4. The Bertz CT molecular complexity index is 597. The second-order valence-corrected chi connectivity index (χ2v) is 11.7. The van der Waals surface area contributed by atoms with Gasteiger partial charge in [-0.3, -0.25) is 0 Å². The molecule has 0 spiro atoms. The van der Waals surface area contributed by atoms with E-state index in [1.54, 1.807) is 6.07 Å². The van der Waals surface area contributed by atoms with Crippen molar-refractivity contribution in [1.29, 1.82) is 0 Å². The van der Waals surface area contributed by atoms with E-state index in [4.69, 9.17) is 4.74 Å². The second-order valence-electron chi connectivity index (χ2n) is 11.7. The zero-order chi connectivity index (χ0) is 23.9. The van der Waals surface area contributed by atoms with E-state index in [0.717, 1.165) is 30.8 Å². The van der Waals surface area contributed by atoms with Gasteiger partial charge in [-0.05, 0) is 41.9 Å². The van der Waals surface area contributed by atoms with Crippen molar-refractivity contribution in [3.8, 4) is 11.5 Å². The third-order valence-electron chi connectivity index (χ3n) is 6.44. The average Bonchev–Trinajstić information content (AvgIpc) is 2.70. The largest absolute Gasteiger partial charge is 0.508 e.